The quantitative estimate of drug-likeness (QED) is 0.900. The summed E-state index contributed by atoms with van der Waals surface area (Å²) in [5.41, 5.74) is 0. The van der Waals surface area contributed by atoms with Crippen molar-refractivity contribution < 1.29 is 23.8 Å². The molecule has 0 aliphatic carbocycles. The topological polar surface area (TPSA) is 66.8 Å². The molecule has 1 amide bonds. The number of thioether (sulfide) groups is 1. The molecule has 1 atom stereocenters. The molecule has 1 aromatic rings. The maximum Gasteiger partial charge on any atom is 0.327 e. The molecule has 0 aromatic heterocycles. The average molecular weight is 285 g/mol. The molecule has 0 spiro atoms. The van der Waals surface area contributed by atoms with Gasteiger partial charge < -0.3 is 14.7 Å². The lowest BCUT2D eigenvalue weighted by molar-refractivity contribution is -0.148. The fourth-order valence-electron chi connectivity index (χ4n) is 1.65. The second-order valence-electron chi connectivity index (χ2n) is 3.96. The molecule has 0 saturated carbocycles. The van der Waals surface area contributed by atoms with Gasteiger partial charge in [-0.25, -0.2) is 9.18 Å². The Morgan fingerprint density at radius 3 is 2.74 bits per heavy atom. The zero-order chi connectivity index (χ0) is 13.8. The Labute approximate surface area is 113 Å². The zero-order valence-corrected chi connectivity index (χ0v) is 10.7. The van der Waals surface area contributed by atoms with E-state index in [2.05, 4.69) is 0 Å². The van der Waals surface area contributed by atoms with Gasteiger partial charge in [-0.05, 0) is 24.3 Å². The van der Waals surface area contributed by atoms with Crippen LogP contribution in [0.4, 0.5) is 4.39 Å². The Kier molecular flexibility index (Phi) is 4.26. The lowest BCUT2D eigenvalue weighted by atomic mass is 10.3. The number of carboxylic acids is 1. The first-order valence-electron chi connectivity index (χ1n) is 5.56. The normalized spacial score (nSPS) is 18.4. The molecule has 1 aliphatic heterocycles. The van der Waals surface area contributed by atoms with Crippen LogP contribution in [-0.2, 0) is 9.59 Å². The van der Waals surface area contributed by atoms with Gasteiger partial charge in [-0.15, -0.1) is 11.8 Å². The smallest absolute Gasteiger partial charge is 0.327 e. The van der Waals surface area contributed by atoms with Crippen molar-refractivity contribution in [3.8, 4) is 5.75 Å². The Balaban J connectivity index is 1.90. The molecular formula is C12H12FNO4S. The Morgan fingerprint density at radius 2 is 2.11 bits per heavy atom. The Bertz CT molecular complexity index is 479. The summed E-state index contributed by atoms with van der Waals surface area (Å²) in [5.74, 6) is -0.684. The standard InChI is InChI=1S/C12H12FNO4S/c13-8-1-3-9(4-2-8)18-5-11(15)14-7-19-6-10(14)12(16)17/h1-4,10H,5-7H2,(H,16,17)/t10-/m0/s1. The summed E-state index contributed by atoms with van der Waals surface area (Å²) >= 11 is 1.39. The number of ether oxygens (including phenoxy) is 1. The van der Waals surface area contributed by atoms with E-state index in [4.69, 9.17) is 9.84 Å². The number of rotatable bonds is 4. The van der Waals surface area contributed by atoms with Crippen molar-refractivity contribution in [2.75, 3.05) is 18.2 Å². The van der Waals surface area contributed by atoms with Crippen molar-refractivity contribution in [1.82, 2.24) is 4.90 Å². The van der Waals surface area contributed by atoms with Crippen LogP contribution in [0.15, 0.2) is 24.3 Å². The van der Waals surface area contributed by atoms with Crippen LogP contribution in [0.1, 0.15) is 0 Å². The van der Waals surface area contributed by atoms with Gasteiger partial charge in [-0.2, -0.15) is 0 Å². The monoisotopic (exact) mass is 285 g/mol. The summed E-state index contributed by atoms with van der Waals surface area (Å²) in [4.78, 5) is 24.1. The van der Waals surface area contributed by atoms with E-state index < -0.39 is 12.0 Å². The van der Waals surface area contributed by atoms with E-state index in [0.717, 1.165) is 0 Å². The fourth-order valence-corrected chi connectivity index (χ4v) is 2.82. The number of carbonyl (C=O) groups is 2. The maximum atomic E-state index is 12.7. The molecule has 0 unspecified atom stereocenters. The third-order valence-corrected chi connectivity index (χ3v) is 3.68. The lowest BCUT2D eigenvalue weighted by Crippen LogP contribution is -2.43. The molecule has 0 radical (unpaired) electrons. The van der Waals surface area contributed by atoms with Gasteiger partial charge in [0.25, 0.3) is 5.91 Å². The van der Waals surface area contributed by atoms with Crippen LogP contribution in [0.5, 0.6) is 5.75 Å². The molecule has 1 heterocycles. The number of hydrogen-bond donors (Lipinski definition) is 1. The summed E-state index contributed by atoms with van der Waals surface area (Å²) < 4.78 is 17.9. The first-order chi connectivity index (χ1) is 9.08. The van der Waals surface area contributed by atoms with Crippen molar-refractivity contribution in [3.05, 3.63) is 30.1 Å². The molecule has 1 aliphatic rings. The van der Waals surface area contributed by atoms with E-state index in [1.54, 1.807) is 0 Å². The van der Waals surface area contributed by atoms with Crippen molar-refractivity contribution in [2.45, 2.75) is 6.04 Å². The lowest BCUT2D eigenvalue weighted by Gasteiger charge is -2.20. The molecule has 1 saturated heterocycles. The summed E-state index contributed by atoms with van der Waals surface area (Å²) in [6.45, 7) is -0.254. The SMILES string of the molecule is O=C(O)[C@@H]1CSCN1C(=O)COc1ccc(F)cc1. The van der Waals surface area contributed by atoms with Gasteiger partial charge in [0.1, 0.15) is 17.6 Å². The minimum atomic E-state index is -1.01. The summed E-state index contributed by atoms with van der Waals surface area (Å²) in [6, 6.07) is 4.48. The van der Waals surface area contributed by atoms with E-state index in [-0.39, 0.29) is 18.3 Å². The molecule has 7 heteroatoms. The van der Waals surface area contributed by atoms with E-state index >= 15 is 0 Å². The van der Waals surface area contributed by atoms with Crippen LogP contribution >= 0.6 is 11.8 Å². The van der Waals surface area contributed by atoms with Crippen LogP contribution < -0.4 is 4.74 Å². The fraction of sp³-hybridized carbons (Fsp3) is 0.333. The highest BCUT2D eigenvalue weighted by Crippen LogP contribution is 2.21. The van der Waals surface area contributed by atoms with Gasteiger partial charge in [0.15, 0.2) is 6.61 Å². The highest BCUT2D eigenvalue weighted by Gasteiger charge is 2.34. The minimum absolute atomic E-state index is 0.254. The summed E-state index contributed by atoms with van der Waals surface area (Å²) in [5, 5.41) is 8.96. The number of amides is 1. The predicted octanol–water partition coefficient (Wildman–Crippen LogP) is 1.19. The summed E-state index contributed by atoms with van der Waals surface area (Å²) in [7, 11) is 0. The van der Waals surface area contributed by atoms with Crippen molar-refractivity contribution >= 4 is 23.6 Å². The first-order valence-corrected chi connectivity index (χ1v) is 6.72. The number of carbonyl (C=O) groups excluding carboxylic acids is 1. The second-order valence-corrected chi connectivity index (χ2v) is 4.96. The van der Waals surface area contributed by atoms with Gasteiger partial charge in [0, 0.05) is 5.75 Å². The van der Waals surface area contributed by atoms with Gasteiger partial charge >= 0.3 is 5.97 Å². The minimum Gasteiger partial charge on any atom is -0.484 e. The van der Waals surface area contributed by atoms with E-state index in [1.807, 2.05) is 0 Å². The third-order valence-electron chi connectivity index (χ3n) is 2.66. The van der Waals surface area contributed by atoms with Crippen LogP contribution in [0, 0.1) is 5.82 Å². The number of nitrogens with zero attached hydrogens (tertiary/aromatic N) is 1. The molecule has 5 nitrogen and oxygen atoms in total. The average Bonchev–Trinajstić information content (AvgIpc) is 2.87. The molecule has 1 N–H and O–H groups in total. The number of aliphatic carboxylic acids is 1. The van der Waals surface area contributed by atoms with Gasteiger partial charge in [-0.1, -0.05) is 0 Å². The van der Waals surface area contributed by atoms with Gasteiger partial charge in [0.05, 0.1) is 5.88 Å². The number of halogens is 1. The van der Waals surface area contributed by atoms with Crippen LogP contribution in [-0.4, -0.2) is 46.2 Å². The molecule has 102 valence electrons. The molecule has 1 aromatic carbocycles. The zero-order valence-electron chi connectivity index (χ0n) is 9.91. The predicted molar refractivity (Wildman–Crippen MR) is 67.5 cm³/mol. The van der Waals surface area contributed by atoms with Crippen LogP contribution in [0.3, 0.4) is 0 Å². The van der Waals surface area contributed by atoms with Gasteiger partial charge in [-0.3, -0.25) is 4.79 Å². The maximum absolute atomic E-state index is 12.7. The Morgan fingerprint density at radius 1 is 1.42 bits per heavy atom. The highest BCUT2D eigenvalue weighted by atomic mass is 32.2. The molecular weight excluding hydrogens is 273 g/mol. The van der Waals surface area contributed by atoms with Crippen LogP contribution in [0.2, 0.25) is 0 Å². The van der Waals surface area contributed by atoms with Crippen molar-refractivity contribution in [1.29, 1.82) is 0 Å². The highest BCUT2D eigenvalue weighted by molar-refractivity contribution is 7.99. The van der Waals surface area contributed by atoms with Crippen molar-refractivity contribution in [2.24, 2.45) is 0 Å². The number of carboxylic acid groups (broad SMARTS) is 1. The molecule has 0 bridgehead atoms. The van der Waals surface area contributed by atoms with E-state index in [0.29, 0.717) is 17.4 Å². The molecule has 2 rings (SSSR count). The van der Waals surface area contributed by atoms with Crippen LogP contribution in [0.25, 0.3) is 0 Å². The second kappa shape index (κ2) is 5.92. The summed E-state index contributed by atoms with van der Waals surface area (Å²) in [6.07, 6.45) is 0. The first kappa shape index (κ1) is 13.7. The van der Waals surface area contributed by atoms with E-state index in [1.165, 1.54) is 40.9 Å². The van der Waals surface area contributed by atoms with E-state index in [9.17, 15) is 14.0 Å². The molecule has 1 fully saturated rings. The Hall–Kier alpha value is -1.76. The number of hydrogen-bond acceptors (Lipinski definition) is 4. The number of benzene rings is 1. The molecule has 19 heavy (non-hydrogen) atoms. The third kappa shape index (κ3) is 3.37. The van der Waals surface area contributed by atoms with Gasteiger partial charge in [0.2, 0.25) is 0 Å². The largest absolute Gasteiger partial charge is 0.484 e. The van der Waals surface area contributed by atoms with Crippen molar-refractivity contribution in [3.63, 3.8) is 0 Å².